The molecule has 0 fully saturated rings. The molecular weight excluding hydrogens is 210 g/mol. The fourth-order valence-electron chi connectivity index (χ4n) is 1.76. The smallest absolute Gasteiger partial charge is 0.115 e. The minimum absolute atomic E-state index is 0.294. The maximum Gasteiger partial charge on any atom is 0.115 e. The first-order valence-electron chi connectivity index (χ1n) is 5.68. The van der Waals surface area contributed by atoms with Gasteiger partial charge < -0.3 is 10.0 Å². The van der Waals surface area contributed by atoms with Gasteiger partial charge >= 0.3 is 0 Å². The number of anilines is 2. The molecule has 0 saturated carbocycles. The van der Waals surface area contributed by atoms with Gasteiger partial charge in [0.25, 0.3) is 0 Å². The zero-order chi connectivity index (χ0) is 12.4. The van der Waals surface area contributed by atoms with Gasteiger partial charge in [-0.3, -0.25) is 0 Å². The lowest BCUT2D eigenvalue weighted by Crippen LogP contribution is -2.09. The van der Waals surface area contributed by atoms with Crippen LogP contribution in [0.4, 0.5) is 11.4 Å². The Morgan fingerprint density at radius 2 is 1.41 bits per heavy atom. The quantitative estimate of drug-likeness (QED) is 0.844. The van der Waals surface area contributed by atoms with Gasteiger partial charge in [0.15, 0.2) is 0 Å². The van der Waals surface area contributed by atoms with Crippen LogP contribution in [0.3, 0.4) is 0 Å². The number of hydrogen-bond donors (Lipinski definition) is 1. The average Bonchev–Trinajstić information content (AvgIpc) is 2.33. The van der Waals surface area contributed by atoms with Crippen LogP contribution in [0.5, 0.6) is 5.75 Å². The molecule has 0 saturated heterocycles. The van der Waals surface area contributed by atoms with Gasteiger partial charge in [0.1, 0.15) is 5.75 Å². The van der Waals surface area contributed by atoms with Crippen LogP contribution < -0.4 is 4.90 Å². The molecule has 17 heavy (non-hydrogen) atoms. The van der Waals surface area contributed by atoms with E-state index >= 15 is 0 Å². The predicted molar refractivity (Wildman–Crippen MR) is 72.1 cm³/mol. The van der Waals surface area contributed by atoms with Crippen molar-refractivity contribution in [1.82, 2.24) is 0 Å². The monoisotopic (exact) mass is 227 g/mol. The summed E-state index contributed by atoms with van der Waals surface area (Å²) in [5, 5.41) is 9.27. The second kappa shape index (κ2) is 4.50. The summed E-state index contributed by atoms with van der Waals surface area (Å²) in [5.41, 5.74) is 4.80. The highest BCUT2D eigenvalue weighted by Gasteiger charge is 2.04. The van der Waals surface area contributed by atoms with Crippen molar-refractivity contribution >= 4 is 11.4 Å². The van der Waals surface area contributed by atoms with E-state index in [1.54, 1.807) is 12.1 Å². The van der Waals surface area contributed by atoms with E-state index in [0.29, 0.717) is 5.75 Å². The number of benzene rings is 2. The fraction of sp³-hybridized carbons (Fsp3) is 0.200. The normalized spacial score (nSPS) is 10.3. The second-order valence-electron chi connectivity index (χ2n) is 4.34. The van der Waals surface area contributed by atoms with Crippen molar-refractivity contribution in [2.24, 2.45) is 0 Å². The fourth-order valence-corrected chi connectivity index (χ4v) is 1.76. The summed E-state index contributed by atoms with van der Waals surface area (Å²) in [6.45, 7) is 4.23. The number of nitrogens with zero attached hydrogens (tertiary/aromatic N) is 1. The molecule has 2 aromatic rings. The van der Waals surface area contributed by atoms with Crippen molar-refractivity contribution in [2.75, 3.05) is 11.9 Å². The van der Waals surface area contributed by atoms with E-state index in [0.717, 1.165) is 11.4 Å². The van der Waals surface area contributed by atoms with Crippen molar-refractivity contribution in [3.63, 3.8) is 0 Å². The number of phenolic OH excluding ortho intramolecular Hbond substituents is 1. The molecule has 2 aromatic carbocycles. The number of rotatable bonds is 2. The molecule has 0 radical (unpaired) electrons. The van der Waals surface area contributed by atoms with E-state index in [1.165, 1.54) is 11.1 Å². The van der Waals surface area contributed by atoms with Gasteiger partial charge in [0.2, 0.25) is 0 Å². The molecule has 2 rings (SSSR count). The second-order valence-corrected chi connectivity index (χ2v) is 4.34. The average molecular weight is 227 g/mol. The van der Waals surface area contributed by atoms with E-state index in [9.17, 15) is 5.11 Å². The maximum atomic E-state index is 9.27. The maximum absolute atomic E-state index is 9.27. The van der Waals surface area contributed by atoms with Crippen LogP contribution in [0.25, 0.3) is 0 Å². The van der Waals surface area contributed by atoms with Crippen LogP contribution in [0.15, 0.2) is 42.5 Å². The molecule has 88 valence electrons. The summed E-state index contributed by atoms with van der Waals surface area (Å²) in [5.74, 6) is 0.294. The molecule has 2 nitrogen and oxygen atoms in total. The number of aromatic hydroxyl groups is 1. The van der Waals surface area contributed by atoms with E-state index in [-0.39, 0.29) is 0 Å². The van der Waals surface area contributed by atoms with Gasteiger partial charge in [-0.15, -0.1) is 0 Å². The minimum atomic E-state index is 0.294. The highest BCUT2D eigenvalue weighted by Crippen LogP contribution is 2.26. The first-order chi connectivity index (χ1) is 8.08. The minimum Gasteiger partial charge on any atom is -0.508 e. The van der Waals surface area contributed by atoms with Crippen LogP contribution in [-0.2, 0) is 0 Å². The lowest BCUT2D eigenvalue weighted by molar-refractivity contribution is 0.475. The largest absolute Gasteiger partial charge is 0.508 e. The van der Waals surface area contributed by atoms with Gasteiger partial charge in [0.05, 0.1) is 0 Å². The summed E-state index contributed by atoms with van der Waals surface area (Å²) >= 11 is 0. The number of hydrogen-bond acceptors (Lipinski definition) is 2. The molecule has 0 bridgehead atoms. The molecule has 0 amide bonds. The van der Waals surface area contributed by atoms with Crippen LogP contribution >= 0.6 is 0 Å². The van der Waals surface area contributed by atoms with Crippen LogP contribution in [-0.4, -0.2) is 12.2 Å². The lowest BCUT2D eigenvalue weighted by atomic mass is 10.1. The Morgan fingerprint density at radius 3 is 2.00 bits per heavy atom. The Hall–Kier alpha value is -1.96. The van der Waals surface area contributed by atoms with Crippen molar-refractivity contribution in [3.8, 4) is 5.75 Å². The summed E-state index contributed by atoms with van der Waals surface area (Å²) in [4.78, 5) is 2.10. The summed E-state index contributed by atoms with van der Waals surface area (Å²) in [7, 11) is 2.02. The third-order valence-electron chi connectivity index (χ3n) is 3.11. The first-order valence-corrected chi connectivity index (χ1v) is 5.68. The van der Waals surface area contributed by atoms with E-state index in [2.05, 4.69) is 36.9 Å². The lowest BCUT2D eigenvalue weighted by Gasteiger charge is -2.20. The topological polar surface area (TPSA) is 23.5 Å². The predicted octanol–water partition coefficient (Wildman–Crippen LogP) is 3.78. The van der Waals surface area contributed by atoms with Crippen LogP contribution in [0.2, 0.25) is 0 Å². The third kappa shape index (κ3) is 2.41. The Morgan fingerprint density at radius 1 is 0.824 bits per heavy atom. The number of phenols is 1. The Balaban J connectivity index is 2.33. The van der Waals surface area contributed by atoms with Crippen LogP contribution in [0, 0.1) is 13.8 Å². The summed E-state index contributed by atoms with van der Waals surface area (Å²) in [6, 6.07) is 13.6. The highest BCUT2D eigenvalue weighted by atomic mass is 16.3. The first kappa shape index (κ1) is 11.5. The molecule has 0 atom stereocenters. The van der Waals surface area contributed by atoms with Crippen molar-refractivity contribution in [1.29, 1.82) is 0 Å². The van der Waals surface area contributed by atoms with Crippen LogP contribution in [0.1, 0.15) is 11.1 Å². The van der Waals surface area contributed by atoms with Gasteiger partial charge in [0, 0.05) is 18.4 Å². The molecule has 1 N–H and O–H groups in total. The van der Waals surface area contributed by atoms with E-state index < -0.39 is 0 Å². The van der Waals surface area contributed by atoms with Gasteiger partial charge in [-0.25, -0.2) is 0 Å². The molecule has 2 heteroatoms. The Kier molecular flexibility index (Phi) is 3.05. The molecule has 0 aliphatic carbocycles. The Bertz CT molecular complexity index is 517. The zero-order valence-corrected chi connectivity index (χ0v) is 10.4. The summed E-state index contributed by atoms with van der Waals surface area (Å²) in [6.07, 6.45) is 0. The molecule has 0 aliphatic rings. The van der Waals surface area contributed by atoms with E-state index in [1.807, 2.05) is 19.2 Å². The molecule has 0 aliphatic heterocycles. The van der Waals surface area contributed by atoms with Crippen molar-refractivity contribution < 1.29 is 5.11 Å². The van der Waals surface area contributed by atoms with Crippen molar-refractivity contribution in [3.05, 3.63) is 53.6 Å². The molecule has 0 aromatic heterocycles. The van der Waals surface area contributed by atoms with Gasteiger partial charge in [-0.05, 0) is 61.4 Å². The standard InChI is InChI=1S/C15H17NO/c1-11-4-5-14(10-12(11)2)16(3)13-6-8-15(17)9-7-13/h4-10,17H,1-3H3. The van der Waals surface area contributed by atoms with Crippen molar-refractivity contribution in [2.45, 2.75) is 13.8 Å². The Labute approximate surface area is 102 Å². The third-order valence-corrected chi connectivity index (χ3v) is 3.11. The molecular formula is C15H17NO. The van der Waals surface area contributed by atoms with Gasteiger partial charge in [-0.1, -0.05) is 6.07 Å². The summed E-state index contributed by atoms with van der Waals surface area (Å²) < 4.78 is 0. The molecule has 0 heterocycles. The van der Waals surface area contributed by atoms with E-state index in [4.69, 9.17) is 0 Å². The molecule has 0 unspecified atom stereocenters. The zero-order valence-electron chi connectivity index (χ0n) is 10.4. The van der Waals surface area contributed by atoms with Gasteiger partial charge in [-0.2, -0.15) is 0 Å². The SMILES string of the molecule is Cc1ccc(N(C)c2ccc(O)cc2)cc1C. The number of aryl methyl sites for hydroxylation is 2. The molecule has 0 spiro atoms. The highest BCUT2D eigenvalue weighted by molar-refractivity contribution is 5.64.